The Morgan fingerprint density at radius 3 is 2.15 bits per heavy atom. The van der Waals surface area contributed by atoms with Gasteiger partial charge >= 0.3 is 0 Å². The number of hydrogen-bond acceptors (Lipinski definition) is 3. The van der Waals surface area contributed by atoms with E-state index < -0.39 is 0 Å². The predicted molar refractivity (Wildman–Crippen MR) is 69.4 cm³/mol. The third-order valence-corrected chi connectivity index (χ3v) is 2.96. The van der Waals surface area contributed by atoms with Crippen molar-refractivity contribution in [1.29, 1.82) is 0 Å². The molecule has 0 aliphatic rings. The van der Waals surface area contributed by atoms with Crippen LogP contribution in [0, 0.1) is 0 Å². The Balaban J connectivity index is 3.03. The Labute approximate surface area is 96.4 Å². The van der Waals surface area contributed by atoms with Crippen LogP contribution in [0.3, 0.4) is 0 Å². The van der Waals surface area contributed by atoms with Crippen molar-refractivity contribution >= 4 is 37.9 Å². The molecule has 0 fully saturated rings. The molecule has 0 aromatic heterocycles. The lowest BCUT2D eigenvalue weighted by molar-refractivity contribution is 1.10. The smallest absolute Gasteiger partial charge is 0.0160 e. The molecular weight excluding hydrogens is 216 g/mol. The van der Waals surface area contributed by atoms with Crippen LogP contribution in [0.5, 0.6) is 0 Å². The minimum absolute atomic E-state index is 0.788. The van der Waals surface area contributed by atoms with Gasteiger partial charge in [0, 0.05) is 11.5 Å². The van der Waals surface area contributed by atoms with Crippen LogP contribution in [0.15, 0.2) is 18.2 Å². The molecule has 0 bridgehead atoms. The highest BCUT2D eigenvalue weighted by molar-refractivity contribution is 7.80. The first kappa shape index (κ1) is 11.3. The van der Waals surface area contributed by atoms with E-state index in [0.717, 1.165) is 23.7 Å². The van der Waals surface area contributed by atoms with Crippen LogP contribution < -0.4 is 0 Å². The standard InChI is InChI=1S/C10H14S3/c11-5-4-8-2-1-3-9(6-12)10(8)7-13/h1-3,11-13H,4-7H2. The third-order valence-electron chi connectivity index (χ3n) is 2.08. The molecular formula is C10H14S3. The van der Waals surface area contributed by atoms with Gasteiger partial charge in [0.2, 0.25) is 0 Å². The van der Waals surface area contributed by atoms with Crippen LogP contribution in [0.1, 0.15) is 16.7 Å². The van der Waals surface area contributed by atoms with Gasteiger partial charge in [-0.15, -0.1) is 0 Å². The molecule has 0 N–H and O–H groups in total. The topological polar surface area (TPSA) is 0 Å². The van der Waals surface area contributed by atoms with Crippen molar-refractivity contribution in [3.8, 4) is 0 Å². The van der Waals surface area contributed by atoms with E-state index in [1.165, 1.54) is 16.7 Å². The van der Waals surface area contributed by atoms with Crippen molar-refractivity contribution in [3.05, 3.63) is 34.9 Å². The summed E-state index contributed by atoms with van der Waals surface area (Å²) in [7, 11) is 0. The minimum Gasteiger partial charge on any atom is -0.179 e. The summed E-state index contributed by atoms with van der Waals surface area (Å²) in [6.07, 6.45) is 1.01. The Kier molecular flexibility index (Phi) is 5.14. The molecule has 0 unspecified atom stereocenters. The Bertz CT molecular complexity index is 271. The monoisotopic (exact) mass is 230 g/mol. The van der Waals surface area contributed by atoms with Crippen molar-refractivity contribution in [1.82, 2.24) is 0 Å². The highest BCUT2D eigenvalue weighted by Gasteiger charge is 2.04. The van der Waals surface area contributed by atoms with Crippen molar-refractivity contribution in [2.75, 3.05) is 5.75 Å². The quantitative estimate of drug-likeness (QED) is 0.651. The van der Waals surface area contributed by atoms with Gasteiger partial charge in [-0.2, -0.15) is 37.9 Å². The average Bonchev–Trinajstić information content (AvgIpc) is 2.18. The fourth-order valence-electron chi connectivity index (χ4n) is 1.39. The zero-order chi connectivity index (χ0) is 9.68. The van der Waals surface area contributed by atoms with Gasteiger partial charge in [-0.1, -0.05) is 18.2 Å². The van der Waals surface area contributed by atoms with Gasteiger partial charge in [-0.3, -0.25) is 0 Å². The molecule has 0 radical (unpaired) electrons. The van der Waals surface area contributed by atoms with E-state index in [4.69, 9.17) is 0 Å². The van der Waals surface area contributed by atoms with E-state index in [1.807, 2.05) is 0 Å². The molecule has 1 rings (SSSR count). The average molecular weight is 230 g/mol. The number of rotatable bonds is 4. The van der Waals surface area contributed by atoms with Crippen LogP contribution in [0.4, 0.5) is 0 Å². The normalized spacial score (nSPS) is 10.4. The summed E-state index contributed by atoms with van der Waals surface area (Å²) >= 11 is 12.9. The number of benzene rings is 1. The second kappa shape index (κ2) is 5.89. The van der Waals surface area contributed by atoms with Crippen molar-refractivity contribution in [2.45, 2.75) is 17.9 Å². The van der Waals surface area contributed by atoms with Gasteiger partial charge in [0.05, 0.1) is 0 Å². The number of aryl methyl sites for hydroxylation is 1. The minimum atomic E-state index is 0.788. The van der Waals surface area contributed by atoms with Gasteiger partial charge in [0.15, 0.2) is 0 Å². The molecule has 0 spiro atoms. The van der Waals surface area contributed by atoms with Crippen molar-refractivity contribution in [3.63, 3.8) is 0 Å². The zero-order valence-corrected chi connectivity index (χ0v) is 10.1. The van der Waals surface area contributed by atoms with Crippen molar-refractivity contribution in [2.24, 2.45) is 0 Å². The number of hydrogen-bond donors (Lipinski definition) is 3. The summed E-state index contributed by atoms with van der Waals surface area (Å²) in [6, 6.07) is 6.34. The lowest BCUT2D eigenvalue weighted by Crippen LogP contribution is -1.97. The fourth-order valence-corrected chi connectivity index (χ4v) is 2.34. The highest BCUT2D eigenvalue weighted by atomic mass is 32.1. The zero-order valence-electron chi connectivity index (χ0n) is 7.40. The predicted octanol–water partition coefficient (Wildman–Crippen LogP) is 3.02. The van der Waals surface area contributed by atoms with Crippen LogP contribution in [0.25, 0.3) is 0 Å². The lowest BCUT2D eigenvalue weighted by atomic mass is 10.0. The van der Waals surface area contributed by atoms with Crippen LogP contribution in [0.2, 0.25) is 0 Å². The first-order valence-electron chi connectivity index (χ1n) is 4.25. The first-order chi connectivity index (χ1) is 6.33. The van der Waals surface area contributed by atoms with Gasteiger partial charge < -0.3 is 0 Å². The SMILES string of the molecule is SCCc1cccc(CS)c1CS. The first-order valence-corrected chi connectivity index (χ1v) is 6.15. The van der Waals surface area contributed by atoms with Crippen LogP contribution in [-0.4, -0.2) is 5.75 Å². The maximum atomic E-state index is 4.34. The summed E-state index contributed by atoms with van der Waals surface area (Å²) in [4.78, 5) is 0. The molecule has 0 nitrogen and oxygen atoms in total. The summed E-state index contributed by atoms with van der Waals surface area (Å²) in [5.74, 6) is 2.47. The maximum Gasteiger partial charge on any atom is 0.0160 e. The van der Waals surface area contributed by atoms with Crippen LogP contribution >= 0.6 is 37.9 Å². The van der Waals surface area contributed by atoms with E-state index in [-0.39, 0.29) is 0 Å². The largest absolute Gasteiger partial charge is 0.179 e. The molecule has 0 amide bonds. The molecule has 3 heteroatoms. The lowest BCUT2D eigenvalue weighted by Gasteiger charge is -2.10. The van der Waals surface area contributed by atoms with Gasteiger partial charge in [0.25, 0.3) is 0 Å². The van der Waals surface area contributed by atoms with Gasteiger partial charge in [0.1, 0.15) is 0 Å². The van der Waals surface area contributed by atoms with E-state index in [0.29, 0.717) is 0 Å². The molecule has 0 heterocycles. The molecule has 0 saturated carbocycles. The number of thiol groups is 3. The molecule has 0 saturated heterocycles. The van der Waals surface area contributed by atoms with Gasteiger partial charge in [-0.25, -0.2) is 0 Å². The molecule has 1 aromatic carbocycles. The summed E-state index contributed by atoms with van der Waals surface area (Å²) in [5.41, 5.74) is 3.98. The highest BCUT2D eigenvalue weighted by Crippen LogP contribution is 2.19. The van der Waals surface area contributed by atoms with E-state index >= 15 is 0 Å². The van der Waals surface area contributed by atoms with E-state index in [2.05, 4.69) is 56.1 Å². The Morgan fingerprint density at radius 1 is 0.923 bits per heavy atom. The summed E-state index contributed by atoms with van der Waals surface area (Å²) < 4.78 is 0. The third kappa shape index (κ3) is 2.86. The van der Waals surface area contributed by atoms with Crippen LogP contribution in [-0.2, 0) is 17.9 Å². The molecule has 72 valence electrons. The fraction of sp³-hybridized carbons (Fsp3) is 0.400. The second-order valence-corrected chi connectivity index (χ2v) is 3.92. The second-order valence-electron chi connectivity index (χ2n) is 2.84. The summed E-state index contributed by atoms with van der Waals surface area (Å²) in [5, 5.41) is 0. The molecule has 0 aliphatic carbocycles. The maximum absolute atomic E-state index is 4.34. The van der Waals surface area contributed by atoms with Crippen molar-refractivity contribution < 1.29 is 0 Å². The van der Waals surface area contributed by atoms with E-state index in [9.17, 15) is 0 Å². The Hall–Kier alpha value is 0.270. The molecule has 13 heavy (non-hydrogen) atoms. The summed E-state index contributed by atoms with van der Waals surface area (Å²) in [6.45, 7) is 0. The van der Waals surface area contributed by atoms with Gasteiger partial charge in [-0.05, 0) is 28.9 Å². The molecule has 1 aromatic rings. The molecule has 0 atom stereocenters. The van der Waals surface area contributed by atoms with E-state index in [1.54, 1.807) is 0 Å². The molecule has 0 aliphatic heterocycles. The Morgan fingerprint density at radius 2 is 1.62 bits per heavy atom.